The first kappa shape index (κ1) is 9.81. The number of carbonyl (C=O) groups is 2. The minimum Gasteiger partial charge on any atom is -0.463 e. The van der Waals surface area contributed by atoms with Gasteiger partial charge in [0.05, 0.1) is 6.61 Å². The van der Waals surface area contributed by atoms with Crippen LogP contribution >= 0.6 is 0 Å². The summed E-state index contributed by atoms with van der Waals surface area (Å²) in [5, 5.41) is 0. The highest BCUT2D eigenvalue weighted by Crippen LogP contribution is 1.92. The molecule has 0 saturated heterocycles. The van der Waals surface area contributed by atoms with Crippen LogP contribution in [-0.2, 0) is 14.3 Å². The van der Waals surface area contributed by atoms with Crippen LogP contribution in [0, 0.1) is 0 Å². The summed E-state index contributed by atoms with van der Waals surface area (Å²) >= 11 is 0. The zero-order chi connectivity index (χ0) is 8.69. The third kappa shape index (κ3) is 6.70. The fraction of sp³-hybridized carbons (Fsp3) is 0.429. The molecule has 0 aromatic carbocycles. The molecule has 0 fully saturated rings. The molecular formula is C7H9FO3. The smallest absolute Gasteiger partial charge is 0.330 e. The highest BCUT2D eigenvalue weighted by atomic mass is 19.1. The molecule has 0 aliphatic heterocycles. The molecule has 0 unspecified atom stereocenters. The number of ether oxygens (including phenoxy) is 1. The van der Waals surface area contributed by atoms with Gasteiger partial charge in [-0.15, -0.1) is 0 Å². The second-order valence-electron chi connectivity index (χ2n) is 1.83. The second-order valence-corrected chi connectivity index (χ2v) is 1.83. The van der Waals surface area contributed by atoms with Gasteiger partial charge in [-0.3, -0.25) is 4.79 Å². The summed E-state index contributed by atoms with van der Waals surface area (Å²) in [6, 6.07) is -1.39. The first-order valence-electron chi connectivity index (χ1n) is 3.14. The van der Waals surface area contributed by atoms with Crippen LogP contribution in [0.1, 0.15) is 12.8 Å². The van der Waals surface area contributed by atoms with Gasteiger partial charge < -0.3 is 4.74 Å². The predicted octanol–water partition coefficient (Wildman–Crippen LogP) is 0.992. The average Bonchev–Trinajstić information content (AvgIpc) is 1.97. The molecule has 0 amide bonds. The van der Waals surface area contributed by atoms with Gasteiger partial charge in [-0.05, 0) is 6.42 Å². The van der Waals surface area contributed by atoms with Crippen molar-refractivity contribution in [1.29, 1.82) is 0 Å². The van der Waals surface area contributed by atoms with Crippen molar-refractivity contribution in [1.82, 2.24) is 0 Å². The summed E-state index contributed by atoms with van der Waals surface area (Å²) in [5.41, 5.74) is 0. The lowest BCUT2D eigenvalue weighted by atomic mass is 10.3. The van der Waals surface area contributed by atoms with Crippen LogP contribution in [0.2, 0.25) is 0 Å². The average molecular weight is 160 g/mol. The van der Waals surface area contributed by atoms with Crippen molar-refractivity contribution >= 4 is 12.0 Å². The van der Waals surface area contributed by atoms with Crippen molar-refractivity contribution in [3.8, 4) is 0 Å². The van der Waals surface area contributed by atoms with Crippen molar-refractivity contribution in [3.05, 3.63) is 12.7 Å². The Morgan fingerprint density at radius 2 is 2.18 bits per heavy atom. The van der Waals surface area contributed by atoms with Crippen LogP contribution in [0.25, 0.3) is 0 Å². The zero-order valence-corrected chi connectivity index (χ0v) is 6.01. The Morgan fingerprint density at radius 3 is 2.64 bits per heavy atom. The van der Waals surface area contributed by atoms with Crippen LogP contribution in [0.5, 0.6) is 0 Å². The molecule has 3 nitrogen and oxygen atoms in total. The summed E-state index contributed by atoms with van der Waals surface area (Å²) in [7, 11) is 0. The molecule has 0 aliphatic carbocycles. The van der Waals surface area contributed by atoms with Gasteiger partial charge in [0, 0.05) is 12.5 Å². The quantitative estimate of drug-likeness (QED) is 0.261. The van der Waals surface area contributed by atoms with E-state index in [4.69, 9.17) is 0 Å². The van der Waals surface area contributed by atoms with E-state index in [0.29, 0.717) is 0 Å². The maximum absolute atomic E-state index is 11.5. The van der Waals surface area contributed by atoms with Gasteiger partial charge in [0.1, 0.15) is 0 Å². The normalized spacial score (nSPS) is 8.82. The third-order valence-electron chi connectivity index (χ3n) is 0.929. The molecular weight excluding hydrogens is 151 g/mol. The first-order chi connectivity index (χ1) is 5.16. The van der Waals surface area contributed by atoms with E-state index in [1.54, 1.807) is 0 Å². The fourth-order valence-electron chi connectivity index (χ4n) is 0.443. The van der Waals surface area contributed by atoms with E-state index in [-0.39, 0.29) is 19.4 Å². The SMILES string of the molecule is C=CC(=O)OCCCC(=O)F. The van der Waals surface area contributed by atoms with Gasteiger partial charge in [-0.25, -0.2) is 4.79 Å². The van der Waals surface area contributed by atoms with E-state index in [0.717, 1.165) is 6.08 Å². The van der Waals surface area contributed by atoms with E-state index in [2.05, 4.69) is 11.3 Å². The molecule has 0 N–H and O–H groups in total. The monoisotopic (exact) mass is 160 g/mol. The predicted molar refractivity (Wildman–Crippen MR) is 36.5 cm³/mol. The summed E-state index contributed by atoms with van der Waals surface area (Å²) in [6.45, 7) is 3.21. The molecule has 0 atom stereocenters. The van der Waals surface area contributed by atoms with Gasteiger partial charge >= 0.3 is 12.0 Å². The Labute approximate surface area is 63.8 Å². The fourth-order valence-corrected chi connectivity index (χ4v) is 0.443. The Kier molecular flexibility index (Phi) is 4.98. The number of carbonyl (C=O) groups excluding carboxylic acids is 2. The second kappa shape index (κ2) is 5.58. The Balaban J connectivity index is 3.21. The lowest BCUT2D eigenvalue weighted by Gasteiger charge is -1.97. The largest absolute Gasteiger partial charge is 0.463 e. The summed E-state index contributed by atoms with van der Waals surface area (Å²) in [5.74, 6) is -0.559. The van der Waals surface area contributed by atoms with Crippen LogP contribution < -0.4 is 0 Å². The molecule has 11 heavy (non-hydrogen) atoms. The topological polar surface area (TPSA) is 43.4 Å². The standard InChI is InChI=1S/C7H9FO3/c1-2-7(10)11-5-3-4-6(8)9/h2H,1,3-5H2. The highest BCUT2D eigenvalue weighted by molar-refractivity contribution is 5.81. The van der Waals surface area contributed by atoms with Crippen LogP contribution in [0.3, 0.4) is 0 Å². The van der Waals surface area contributed by atoms with Crippen molar-refractivity contribution in [2.45, 2.75) is 12.8 Å². The first-order valence-corrected chi connectivity index (χ1v) is 3.14. The van der Waals surface area contributed by atoms with Crippen molar-refractivity contribution < 1.29 is 18.7 Å². The molecule has 0 radical (unpaired) electrons. The molecule has 0 aromatic heterocycles. The van der Waals surface area contributed by atoms with Crippen molar-refractivity contribution in [2.75, 3.05) is 6.61 Å². The molecule has 0 spiro atoms. The number of rotatable bonds is 5. The molecule has 0 heterocycles. The van der Waals surface area contributed by atoms with E-state index in [1.165, 1.54) is 0 Å². The molecule has 4 heteroatoms. The maximum atomic E-state index is 11.5. The number of hydrogen-bond acceptors (Lipinski definition) is 3. The highest BCUT2D eigenvalue weighted by Gasteiger charge is 1.99. The Morgan fingerprint density at radius 1 is 1.55 bits per heavy atom. The van der Waals surface area contributed by atoms with Gasteiger partial charge in [0.2, 0.25) is 0 Å². The molecule has 0 aromatic rings. The summed E-state index contributed by atoms with van der Waals surface area (Å²) in [4.78, 5) is 20.1. The van der Waals surface area contributed by atoms with Gasteiger partial charge in [-0.2, -0.15) is 4.39 Å². The van der Waals surface area contributed by atoms with Crippen LogP contribution in [0.15, 0.2) is 12.7 Å². The molecule has 62 valence electrons. The lowest BCUT2D eigenvalue weighted by molar-refractivity contribution is -0.139. The maximum Gasteiger partial charge on any atom is 0.330 e. The molecule has 0 saturated carbocycles. The number of hydrogen-bond donors (Lipinski definition) is 0. The van der Waals surface area contributed by atoms with Crippen molar-refractivity contribution in [2.24, 2.45) is 0 Å². The van der Waals surface area contributed by atoms with Crippen LogP contribution in [0.4, 0.5) is 4.39 Å². The van der Waals surface area contributed by atoms with E-state index >= 15 is 0 Å². The zero-order valence-electron chi connectivity index (χ0n) is 6.01. The van der Waals surface area contributed by atoms with E-state index < -0.39 is 12.0 Å². The number of halogens is 1. The minimum atomic E-state index is -1.39. The van der Waals surface area contributed by atoms with Gasteiger partial charge in [-0.1, -0.05) is 6.58 Å². The summed E-state index contributed by atoms with van der Waals surface area (Å²) < 4.78 is 16.0. The minimum absolute atomic E-state index is 0.0561. The Hall–Kier alpha value is -1.19. The van der Waals surface area contributed by atoms with Crippen LogP contribution in [-0.4, -0.2) is 18.6 Å². The van der Waals surface area contributed by atoms with Gasteiger partial charge in [0.15, 0.2) is 0 Å². The lowest BCUT2D eigenvalue weighted by Crippen LogP contribution is -2.02. The van der Waals surface area contributed by atoms with E-state index in [9.17, 15) is 14.0 Å². The molecule has 0 bridgehead atoms. The van der Waals surface area contributed by atoms with E-state index in [1.807, 2.05) is 0 Å². The molecule has 0 aliphatic rings. The van der Waals surface area contributed by atoms with Gasteiger partial charge in [0.25, 0.3) is 0 Å². The third-order valence-corrected chi connectivity index (χ3v) is 0.929. The van der Waals surface area contributed by atoms with Crippen molar-refractivity contribution in [3.63, 3.8) is 0 Å². The Bertz CT molecular complexity index is 165. The molecule has 0 rings (SSSR count). The number of esters is 1. The summed E-state index contributed by atoms with van der Waals surface area (Å²) in [6.07, 6.45) is 1.02.